The van der Waals surface area contributed by atoms with Crippen LogP contribution in [0.3, 0.4) is 0 Å². The number of nitro groups is 1. The molecule has 1 rings (SSSR count). The molecule has 0 radical (unpaired) electrons. The number of aliphatic hydroxyl groups excluding tert-OH is 1. The molecule has 0 aliphatic heterocycles. The normalized spacial score (nSPS) is 11.7. The van der Waals surface area contributed by atoms with Gasteiger partial charge in [-0.25, -0.2) is 0 Å². The van der Waals surface area contributed by atoms with Crippen molar-refractivity contribution in [2.24, 2.45) is 0 Å². The lowest BCUT2D eigenvalue weighted by Crippen LogP contribution is -2.44. The highest BCUT2D eigenvalue weighted by Gasteiger charge is 2.25. The number of aliphatic hydroxyl groups is 1. The van der Waals surface area contributed by atoms with Crippen molar-refractivity contribution in [3.8, 4) is 0 Å². The fourth-order valence-corrected chi connectivity index (χ4v) is 1.89. The van der Waals surface area contributed by atoms with E-state index in [4.69, 9.17) is 5.11 Å². The van der Waals surface area contributed by atoms with Crippen LogP contribution in [0.1, 0.15) is 50.6 Å². The molecule has 1 aromatic rings. The summed E-state index contributed by atoms with van der Waals surface area (Å²) in [4.78, 5) is 22.6. The van der Waals surface area contributed by atoms with Gasteiger partial charge in [-0.3, -0.25) is 14.9 Å². The summed E-state index contributed by atoms with van der Waals surface area (Å²) in [5.74, 6) is -0.384. The standard InChI is InChI=1S/C13H21N3O4/c1-9(2)15-8-10(16(19)20)7-11(15)12(18)14-13(3,4)5-6-17/h7-9,17H,5-6H2,1-4H3,(H,14,18). The second kappa shape index (κ2) is 6.04. The van der Waals surface area contributed by atoms with Crippen LogP contribution in [0.4, 0.5) is 5.69 Å². The topological polar surface area (TPSA) is 97.4 Å². The van der Waals surface area contributed by atoms with Gasteiger partial charge in [-0.05, 0) is 34.1 Å². The van der Waals surface area contributed by atoms with Crippen LogP contribution in [-0.4, -0.2) is 32.6 Å². The average Bonchev–Trinajstić information content (AvgIpc) is 2.72. The molecule has 0 bridgehead atoms. The fraction of sp³-hybridized carbons (Fsp3) is 0.615. The predicted molar refractivity (Wildman–Crippen MR) is 74.7 cm³/mol. The van der Waals surface area contributed by atoms with Crippen LogP contribution in [0, 0.1) is 10.1 Å². The summed E-state index contributed by atoms with van der Waals surface area (Å²) in [6.45, 7) is 7.23. The summed E-state index contributed by atoms with van der Waals surface area (Å²) in [5.41, 5.74) is -0.436. The molecule has 1 amide bonds. The predicted octanol–water partition coefficient (Wildman–Crippen LogP) is 1.87. The summed E-state index contributed by atoms with van der Waals surface area (Å²) in [5, 5.41) is 22.6. The molecule has 0 unspecified atom stereocenters. The molecule has 0 saturated carbocycles. The van der Waals surface area contributed by atoms with E-state index in [-0.39, 0.29) is 29.9 Å². The minimum Gasteiger partial charge on any atom is -0.396 e. The first-order valence-electron chi connectivity index (χ1n) is 6.47. The zero-order valence-corrected chi connectivity index (χ0v) is 12.2. The number of carbonyl (C=O) groups excluding carboxylic acids is 1. The monoisotopic (exact) mass is 283 g/mol. The van der Waals surface area contributed by atoms with Crippen molar-refractivity contribution >= 4 is 11.6 Å². The van der Waals surface area contributed by atoms with Gasteiger partial charge in [0, 0.05) is 24.3 Å². The molecule has 2 N–H and O–H groups in total. The van der Waals surface area contributed by atoms with Gasteiger partial charge in [0.1, 0.15) is 5.69 Å². The maximum Gasteiger partial charge on any atom is 0.287 e. The first-order chi connectivity index (χ1) is 9.18. The van der Waals surface area contributed by atoms with E-state index in [1.54, 1.807) is 18.4 Å². The van der Waals surface area contributed by atoms with E-state index in [0.717, 1.165) is 0 Å². The van der Waals surface area contributed by atoms with Gasteiger partial charge >= 0.3 is 0 Å². The molecular formula is C13H21N3O4. The van der Waals surface area contributed by atoms with E-state index in [1.165, 1.54) is 12.3 Å². The van der Waals surface area contributed by atoms with Gasteiger partial charge in [0.05, 0.1) is 11.1 Å². The highest BCUT2D eigenvalue weighted by molar-refractivity contribution is 5.94. The number of rotatable bonds is 6. The maximum atomic E-state index is 12.3. The number of nitrogens with zero attached hydrogens (tertiary/aromatic N) is 2. The molecule has 1 heterocycles. The molecule has 20 heavy (non-hydrogen) atoms. The Hall–Kier alpha value is -1.89. The molecule has 0 spiro atoms. The van der Waals surface area contributed by atoms with E-state index < -0.39 is 10.5 Å². The number of hydrogen-bond acceptors (Lipinski definition) is 4. The molecule has 0 aliphatic rings. The Kier molecular flexibility index (Phi) is 4.88. The summed E-state index contributed by atoms with van der Waals surface area (Å²) in [6.07, 6.45) is 1.77. The van der Waals surface area contributed by atoms with Crippen molar-refractivity contribution < 1.29 is 14.8 Å². The van der Waals surface area contributed by atoms with Crippen LogP contribution in [0.2, 0.25) is 0 Å². The lowest BCUT2D eigenvalue weighted by atomic mass is 10.0. The van der Waals surface area contributed by atoms with Crippen molar-refractivity contribution in [1.29, 1.82) is 0 Å². The van der Waals surface area contributed by atoms with Crippen molar-refractivity contribution in [3.05, 3.63) is 28.1 Å². The Balaban J connectivity index is 3.06. The molecule has 0 atom stereocenters. The van der Waals surface area contributed by atoms with Crippen molar-refractivity contribution in [3.63, 3.8) is 0 Å². The highest BCUT2D eigenvalue weighted by Crippen LogP contribution is 2.21. The van der Waals surface area contributed by atoms with Crippen LogP contribution < -0.4 is 5.32 Å². The average molecular weight is 283 g/mol. The summed E-state index contributed by atoms with van der Waals surface area (Å²) >= 11 is 0. The molecule has 112 valence electrons. The highest BCUT2D eigenvalue weighted by atomic mass is 16.6. The lowest BCUT2D eigenvalue weighted by Gasteiger charge is -2.25. The number of hydrogen-bond donors (Lipinski definition) is 2. The number of aromatic nitrogens is 1. The molecule has 0 aliphatic carbocycles. The van der Waals surface area contributed by atoms with Gasteiger partial charge in [-0.2, -0.15) is 0 Å². The zero-order chi connectivity index (χ0) is 15.5. The molecule has 7 nitrogen and oxygen atoms in total. The third-order valence-electron chi connectivity index (χ3n) is 3.02. The molecule has 0 aromatic carbocycles. The largest absolute Gasteiger partial charge is 0.396 e. The number of carbonyl (C=O) groups is 1. The summed E-state index contributed by atoms with van der Waals surface area (Å²) in [7, 11) is 0. The second-order valence-electron chi connectivity index (χ2n) is 5.65. The first-order valence-corrected chi connectivity index (χ1v) is 6.47. The van der Waals surface area contributed by atoms with Crippen LogP contribution in [0.25, 0.3) is 0 Å². The molecular weight excluding hydrogens is 262 g/mol. The van der Waals surface area contributed by atoms with Gasteiger partial charge in [0.25, 0.3) is 11.6 Å². The van der Waals surface area contributed by atoms with Gasteiger partial charge in [-0.1, -0.05) is 0 Å². The van der Waals surface area contributed by atoms with E-state index in [1.807, 2.05) is 13.8 Å². The van der Waals surface area contributed by atoms with Gasteiger partial charge < -0.3 is 15.0 Å². The van der Waals surface area contributed by atoms with Gasteiger partial charge in [0.15, 0.2) is 0 Å². The Morgan fingerprint density at radius 2 is 2.15 bits per heavy atom. The molecule has 0 saturated heterocycles. The first kappa shape index (κ1) is 16.2. The fourth-order valence-electron chi connectivity index (χ4n) is 1.89. The van der Waals surface area contributed by atoms with Crippen molar-refractivity contribution in [2.45, 2.75) is 45.7 Å². The quantitative estimate of drug-likeness (QED) is 0.615. The van der Waals surface area contributed by atoms with Gasteiger partial charge in [0.2, 0.25) is 0 Å². The van der Waals surface area contributed by atoms with E-state index in [2.05, 4.69) is 5.32 Å². The summed E-state index contributed by atoms with van der Waals surface area (Å²) < 4.78 is 1.57. The van der Waals surface area contributed by atoms with Crippen molar-refractivity contribution in [2.75, 3.05) is 6.61 Å². The van der Waals surface area contributed by atoms with Crippen LogP contribution in [0.15, 0.2) is 12.3 Å². The Bertz CT molecular complexity index is 506. The zero-order valence-electron chi connectivity index (χ0n) is 12.2. The molecule has 1 aromatic heterocycles. The number of nitrogens with one attached hydrogen (secondary N) is 1. The minimum atomic E-state index is -0.577. The Morgan fingerprint density at radius 1 is 1.55 bits per heavy atom. The summed E-state index contributed by atoms with van der Waals surface area (Å²) in [6, 6.07) is 1.20. The van der Waals surface area contributed by atoms with Crippen LogP contribution in [-0.2, 0) is 0 Å². The van der Waals surface area contributed by atoms with Crippen LogP contribution >= 0.6 is 0 Å². The molecule has 7 heteroatoms. The lowest BCUT2D eigenvalue weighted by molar-refractivity contribution is -0.384. The maximum absolute atomic E-state index is 12.3. The van der Waals surface area contributed by atoms with E-state index in [9.17, 15) is 14.9 Å². The third kappa shape index (κ3) is 3.80. The van der Waals surface area contributed by atoms with E-state index in [0.29, 0.717) is 6.42 Å². The van der Waals surface area contributed by atoms with Crippen LogP contribution in [0.5, 0.6) is 0 Å². The van der Waals surface area contributed by atoms with Crippen molar-refractivity contribution in [1.82, 2.24) is 9.88 Å². The second-order valence-corrected chi connectivity index (χ2v) is 5.65. The third-order valence-corrected chi connectivity index (χ3v) is 3.02. The SMILES string of the molecule is CC(C)n1cc([N+](=O)[O-])cc1C(=O)NC(C)(C)CCO. The van der Waals surface area contributed by atoms with Gasteiger partial charge in [-0.15, -0.1) is 0 Å². The number of amides is 1. The minimum absolute atomic E-state index is 0.0430. The Labute approximate surface area is 117 Å². The molecule has 0 fully saturated rings. The smallest absolute Gasteiger partial charge is 0.287 e. The Morgan fingerprint density at radius 3 is 2.60 bits per heavy atom. The van der Waals surface area contributed by atoms with E-state index >= 15 is 0 Å².